The van der Waals surface area contributed by atoms with Gasteiger partial charge in [0.15, 0.2) is 0 Å². The van der Waals surface area contributed by atoms with Gasteiger partial charge in [0.25, 0.3) is 0 Å². The second kappa shape index (κ2) is 10.8. The van der Waals surface area contributed by atoms with Crippen LogP contribution in [0.1, 0.15) is 36.0 Å². The molecule has 0 saturated carbocycles. The van der Waals surface area contributed by atoms with Crippen molar-refractivity contribution >= 4 is 17.3 Å². The van der Waals surface area contributed by atoms with Crippen LogP contribution in [0.25, 0.3) is 11.1 Å². The Morgan fingerprint density at radius 1 is 0.971 bits per heavy atom. The molecular weight excluding hydrogens is 446 g/mol. The summed E-state index contributed by atoms with van der Waals surface area (Å²) >= 11 is 6.26. The van der Waals surface area contributed by atoms with Crippen molar-refractivity contribution in [2.24, 2.45) is 0 Å². The molecule has 34 heavy (non-hydrogen) atoms. The number of hydrogen-bond donors (Lipinski definition) is 2. The highest BCUT2D eigenvalue weighted by atomic mass is 35.5. The van der Waals surface area contributed by atoms with E-state index in [4.69, 9.17) is 16.3 Å². The van der Waals surface area contributed by atoms with Gasteiger partial charge in [-0.3, -0.25) is 0 Å². The largest absolute Gasteiger partial charge is 0.506 e. The van der Waals surface area contributed by atoms with E-state index >= 15 is 0 Å². The number of phenols is 1. The van der Waals surface area contributed by atoms with Crippen molar-refractivity contribution in [1.82, 2.24) is 4.90 Å². The molecular formula is C28H30ClN3O2. The number of piperidine rings is 1. The molecule has 0 atom stereocenters. The molecule has 6 heteroatoms. The van der Waals surface area contributed by atoms with Crippen molar-refractivity contribution in [3.8, 4) is 34.4 Å². The van der Waals surface area contributed by atoms with Gasteiger partial charge in [-0.05, 0) is 98.4 Å². The highest BCUT2D eigenvalue weighted by Gasteiger charge is 2.14. The van der Waals surface area contributed by atoms with Gasteiger partial charge in [-0.25, -0.2) is 0 Å². The summed E-state index contributed by atoms with van der Waals surface area (Å²) in [4.78, 5) is 2.44. The summed E-state index contributed by atoms with van der Waals surface area (Å²) in [5.74, 6) is 1.43. The predicted molar refractivity (Wildman–Crippen MR) is 138 cm³/mol. The number of phenolic OH excluding ortho intramolecular Hbond substituents is 1. The van der Waals surface area contributed by atoms with Gasteiger partial charge >= 0.3 is 0 Å². The minimum Gasteiger partial charge on any atom is -0.506 e. The van der Waals surface area contributed by atoms with Crippen LogP contribution in [-0.2, 0) is 0 Å². The molecule has 0 unspecified atom stereocenters. The third kappa shape index (κ3) is 5.64. The Morgan fingerprint density at radius 3 is 2.29 bits per heavy atom. The number of benzene rings is 3. The molecule has 0 aromatic heterocycles. The van der Waals surface area contributed by atoms with Crippen molar-refractivity contribution in [3.63, 3.8) is 0 Å². The quantitative estimate of drug-likeness (QED) is 0.389. The standard InChI is InChI=1S/C28H30ClN3O2/c1-19-14-24(15-20(2)28(19)29)34-23-8-6-21(7-9-23)22-16-26(25(18-30)27(33)17-22)31-10-13-32-11-4-3-5-12-32/h6-9,14-17,31,33H,3-5,10-13H2,1-2H3. The molecule has 3 aromatic rings. The van der Waals surface area contributed by atoms with Gasteiger partial charge in [0.05, 0.1) is 5.69 Å². The first-order chi connectivity index (χ1) is 16.4. The minimum absolute atomic E-state index is 0.0205. The van der Waals surface area contributed by atoms with Crippen LogP contribution in [0.15, 0.2) is 48.5 Å². The zero-order valence-corrected chi connectivity index (χ0v) is 20.5. The van der Waals surface area contributed by atoms with E-state index in [2.05, 4.69) is 16.3 Å². The highest BCUT2D eigenvalue weighted by Crippen LogP contribution is 2.34. The zero-order valence-electron chi connectivity index (χ0n) is 19.7. The SMILES string of the molecule is Cc1cc(Oc2ccc(-c3cc(O)c(C#N)c(NCCN4CCCCC4)c3)cc2)cc(C)c1Cl. The smallest absolute Gasteiger partial charge is 0.136 e. The molecule has 1 heterocycles. The third-order valence-electron chi connectivity index (χ3n) is 6.25. The number of nitrogens with one attached hydrogen (secondary N) is 1. The lowest BCUT2D eigenvalue weighted by molar-refractivity contribution is 0.237. The Morgan fingerprint density at radius 2 is 1.65 bits per heavy atom. The summed E-state index contributed by atoms with van der Waals surface area (Å²) in [5, 5.41) is 24.2. The Hall–Kier alpha value is -3.20. The van der Waals surface area contributed by atoms with Crippen molar-refractivity contribution in [2.45, 2.75) is 33.1 Å². The van der Waals surface area contributed by atoms with E-state index in [-0.39, 0.29) is 11.3 Å². The molecule has 176 valence electrons. The average molecular weight is 476 g/mol. The van der Waals surface area contributed by atoms with Gasteiger partial charge in [0.2, 0.25) is 0 Å². The molecule has 0 bridgehead atoms. The Bertz CT molecular complexity index is 1170. The van der Waals surface area contributed by atoms with Crippen LogP contribution in [0.5, 0.6) is 17.2 Å². The minimum atomic E-state index is -0.0205. The van der Waals surface area contributed by atoms with Crippen LogP contribution >= 0.6 is 11.6 Å². The van der Waals surface area contributed by atoms with Crippen LogP contribution in [0.4, 0.5) is 5.69 Å². The second-order valence-electron chi connectivity index (χ2n) is 8.86. The number of hydrogen-bond acceptors (Lipinski definition) is 5. The van der Waals surface area contributed by atoms with E-state index < -0.39 is 0 Å². The first-order valence-corrected chi connectivity index (χ1v) is 12.1. The third-order valence-corrected chi connectivity index (χ3v) is 6.85. The number of aryl methyl sites for hydroxylation is 2. The molecule has 3 aromatic carbocycles. The van der Waals surface area contributed by atoms with Gasteiger partial charge in [-0.2, -0.15) is 5.26 Å². The lowest BCUT2D eigenvalue weighted by atomic mass is 10.0. The Balaban J connectivity index is 1.49. The molecule has 2 N–H and O–H groups in total. The number of likely N-dealkylation sites (tertiary alicyclic amines) is 1. The highest BCUT2D eigenvalue weighted by molar-refractivity contribution is 6.32. The van der Waals surface area contributed by atoms with E-state index in [1.54, 1.807) is 6.07 Å². The number of nitriles is 1. The maximum atomic E-state index is 10.5. The van der Waals surface area contributed by atoms with Crippen LogP contribution in [-0.4, -0.2) is 36.2 Å². The maximum Gasteiger partial charge on any atom is 0.136 e. The summed E-state index contributed by atoms with van der Waals surface area (Å²) in [6, 6.07) is 17.2. The fraction of sp³-hybridized carbons (Fsp3) is 0.321. The van der Waals surface area contributed by atoms with E-state index in [1.807, 2.05) is 56.3 Å². The number of anilines is 1. The molecule has 0 spiro atoms. The Kier molecular flexibility index (Phi) is 7.62. The molecule has 4 rings (SSSR count). The normalized spacial score (nSPS) is 13.9. The fourth-order valence-corrected chi connectivity index (χ4v) is 4.51. The predicted octanol–water partition coefficient (Wildman–Crippen LogP) is 6.89. The summed E-state index contributed by atoms with van der Waals surface area (Å²) in [5.41, 5.74) is 4.64. The van der Waals surface area contributed by atoms with Crippen molar-refractivity contribution in [3.05, 3.63) is 70.2 Å². The molecule has 1 fully saturated rings. The van der Waals surface area contributed by atoms with Crippen LogP contribution in [0.3, 0.4) is 0 Å². The van der Waals surface area contributed by atoms with E-state index in [1.165, 1.54) is 19.3 Å². The molecule has 0 aliphatic carbocycles. The van der Waals surface area contributed by atoms with Gasteiger partial charge in [-0.15, -0.1) is 0 Å². The Labute approximate surface area is 206 Å². The molecule has 5 nitrogen and oxygen atoms in total. The van der Waals surface area contributed by atoms with Crippen molar-refractivity contribution in [1.29, 1.82) is 5.26 Å². The molecule has 1 aliphatic heterocycles. The van der Waals surface area contributed by atoms with E-state index in [9.17, 15) is 10.4 Å². The van der Waals surface area contributed by atoms with Crippen LogP contribution in [0.2, 0.25) is 5.02 Å². The fourth-order valence-electron chi connectivity index (χ4n) is 4.40. The molecule has 1 saturated heterocycles. The summed E-state index contributed by atoms with van der Waals surface area (Å²) in [6.45, 7) is 7.82. The van der Waals surface area contributed by atoms with Crippen molar-refractivity contribution in [2.75, 3.05) is 31.5 Å². The van der Waals surface area contributed by atoms with Gasteiger partial charge in [-0.1, -0.05) is 30.2 Å². The number of rotatable bonds is 7. The topological polar surface area (TPSA) is 68.5 Å². The number of aromatic hydroxyl groups is 1. The first kappa shape index (κ1) is 23.9. The number of halogens is 1. The lowest BCUT2D eigenvalue weighted by Crippen LogP contribution is -2.33. The summed E-state index contributed by atoms with van der Waals surface area (Å²) in [7, 11) is 0. The van der Waals surface area contributed by atoms with Gasteiger partial charge < -0.3 is 20.1 Å². The van der Waals surface area contributed by atoms with E-state index in [0.29, 0.717) is 11.4 Å². The second-order valence-corrected chi connectivity index (χ2v) is 9.23. The molecule has 0 radical (unpaired) electrons. The monoisotopic (exact) mass is 475 g/mol. The summed E-state index contributed by atoms with van der Waals surface area (Å²) in [6.07, 6.45) is 3.80. The molecule has 0 amide bonds. The van der Waals surface area contributed by atoms with Crippen molar-refractivity contribution < 1.29 is 9.84 Å². The number of ether oxygens (including phenoxy) is 1. The van der Waals surface area contributed by atoms with Crippen LogP contribution < -0.4 is 10.1 Å². The molecule has 1 aliphatic rings. The maximum absolute atomic E-state index is 10.5. The van der Waals surface area contributed by atoms with Gasteiger partial charge in [0, 0.05) is 18.1 Å². The van der Waals surface area contributed by atoms with Crippen LogP contribution in [0, 0.1) is 25.2 Å². The first-order valence-electron chi connectivity index (χ1n) is 11.7. The van der Waals surface area contributed by atoms with E-state index in [0.717, 1.165) is 59.2 Å². The summed E-state index contributed by atoms with van der Waals surface area (Å²) < 4.78 is 6.01. The zero-order chi connectivity index (χ0) is 24.1. The van der Waals surface area contributed by atoms with Gasteiger partial charge in [0.1, 0.15) is 28.9 Å². The number of nitrogens with zero attached hydrogens (tertiary/aromatic N) is 2. The lowest BCUT2D eigenvalue weighted by Gasteiger charge is -2.26. The average Bonchev–Trinajstić information content (AvgIpc) is 2.83.